The van der Waals surface area contributed by atoms with Crippen LogP contribution in [0.15, 0.2) is 29.4 Å². The number of hydrogen-bond donors (Lipinski definition) is 2. The molecule has 0 fully saturated rings. The van der Waals surface area contributed by atoms with Crippen LogP contribution < -0.4 is 14.8 Å². The molecule has 1 atom stereocenters. The average molecular weight is 350 g/mol. The maximum Gasteiger partial charge on any atom is 0.280 e. The van der Waals surface area contributed by atoms with Crippen molar-refractivity contribution in [1.29, 1.82) is 0 Å². The van der Waals surface area contributed by atoms with Gasteiger partial charge in [0.05, 0.1) is 11.4 Å². The fourth-order valence-corrected chi connectivity index (χ4v) is 3.47. The number of aromatic nitrogens is 2. The van der Waals surface area contributed by atoms with Crippen LogP contribution in [0.2, 0.25) is 0 Å². The van der Waals surface area contributed by atoms with Crippen LogP contribution in [-0.2, 0) is 21.4 Å². The summed E-state index contributed by atoms with van der Waals surface area (Å²) in [7, 11) is -3.81. The lowest BCUT2D eigenvalue weighted by Crippen LogP contribution is -2.34. The Labute approximate surface area is 139 Å². The third-order valence-corrected chi connectivity index (χ3v) is 4.98. The molecule has 0 bridgehead atoms. The van der Waals surface area contributed by atoms with E-state index in [2.05, 4.69) is 15.0 Å². The summed E-state index contributed by atoms with van der Waals surface area (Å²) in [5, 5.41) is 2.63. The summed E-state index contributed by atoms with van der Waals surface area (Å²) in [5.74, 6) is 0.842. The Morgan fingerprint density at radius 1 is 1.42 bits per heavy atom. The second-order valence-corrected chi connectivity index (χ2v) is 7.11. The molecule has 0 radical (unpaired) electrons. The molecule has 1 amide bonds. The molecule has 0 aliphatic carbocycles. The fourth-order valence-electron chi connectivity index (χ4n) is 2.41. The van der Waals surface area contributed by atoms with Gasteiger partial charge in [0.1, 0.15) is 11.6 Å². The number of aryl methyl sites for hydroxylation is 2. The van der Waals surface area contributed by atoms with Crippen molar-refractivity contribution in [2.75, 3.05) is 10.0 Å². The minimum absolute atomic E-state index is 0.0477. The van der Waals surface area contributed by atoms with Gasteiger partial charge < -0.3 is 14.6 Å². The van der Waals surface area contributed by atoms with Crippen LogP contribution >= 0.6 is 0 Å². The van der Waals surface area contributed by atoms with Gasteiger partial charge in [-0.2, -0.15) is 8.42 Å². The molecule has 2 N–H and O–H groups in total. The van der Waals surface area contributed by atoms with Crippen molar-refractivity contribution in [3.05, 3.63) is 30.2 Å². The van der Waals surface area contributed by atoms with E-state index in [0.29, 0.717) is 29.5 Å². The molecule has 1 aromatic carbocycles. The van der Waals surface area contributed by atoms with E-state index in [1.54, 1.807) is 30.5 Å². The number of benzene rings is 1. The summed E-state index contributed by atoms with van der Waals surface area (Å²) in [5.41, 5.74) is 0.740. The molecule has 0 saturated heterocycles. The fraction of sp³-hybridized carbons (Fsp3) is 0.333. The lowest BCUT2D eigenvalue weighted by atomic mass is 10.2. The third kappa shape index (κ3) is 2.94. The highest BCUT2D eigenvalue weighted by atomic mass is 32.2. The molecule has 2 heterocycles. The number of rotatable bonds is 4. The van der Waals surface area contributed by atoms with Crippen molar-refractivity contribution in [3.63, 3.8) is 0 Å². The molecule has 1 aliphatic heterocycles. The highest BCUT2D eigenvalue weighted by molar-refractivity contribution is 7.92. The van der Waals surface area contributed by atoms with Gasteiger partial charge in [-0.15, -0.1) is 0 Å². The van der Waals surface area contributed by atoms with Gasteiger partial charge in [-0.3, -0.25) is 9.52 Å². The number of anilines is 2. The van der Waals surface area contributed by atoms with Crippen LogP contribution in [0.1, 0.15) is 19.7 Å². The van der Waals surface area contributed by atoms with E-state index in [1.165, 1.54) is 12.3 Å². The number of carbonyl (C=O) groups excluding carboxylic acids is 1. The first-order chi connectivity index (χ1) is 11.3. The SMILES string of the molecule is CCn1cc(S(=O)(=O)Nc2ccc3c(c2)NC(=O)C(C)O3)nc1C. The molecule has 3 rings (SSSR count). The number of imidazole rings is 1. The van der Waals surface area contributed by atoms with E-state index in [0.717, 1.165) is 0 Å². The number of hydrogen-bond acceptors (Lipinski definition) is 5. The van der Waals surface area contributed by atoms with Crippen molar-refractivity contribution < 1.29 is 17.9 Å². The minimum Gasteiger partial charge on any atom is -0.479 e. The van der Waals surface area contributed by atoms with Crippen molar-refractivity contribution in [2.45, 2.75) is 38.4 Å². The second kappa shape index (κ2) is 5.82. The van der Waals surface area contributed by atoms with E-state index in [9.17, 15) is 13.2 Å². The van der Waals surface area contributed by atoms with Crippen LogP contribution in [0.25, 0.3) is 0 Å². The zero-order valence-electron chi connectivity index (χ0n) is 13.5. The molecule has 9 heteroatoms. The van der Waals surface area contributed by atoms with Crippen molar-refractivity contribution >= 4 is 27.3 Å². The standard InChI is InChI=1S/C15H18N4O4S/c1-4-19-8-14(16-10(19)3)24(21,22)18-11-5-6-13-12(7-11)17-15(20)9(2)23-13/h5-9,18H,4H2,1-3H3,(H,17,20). The van der Waals surface area contributed by atoms with Crippen LogP contribution in [0.3, 0.4) is 0 Å². The third-order valence-electron chi connectivity index (χ3n) is 3.73. The van der Waals surface area contributed by atoms with Gasteiger partial charge in [-0.05, 0) is 39.0 Å². The quantitative estimate of drug-likeness (QED) is 0.874. The average Bonchev–Trinajstić information content (AvgIpc) is 2.90. The maximum atomic E-state index is 12.5. The first-order valence-electron chi connectivity index (χ1n) is 7.48. The first-order valence-corrected chi connectivity index (χ1v) is 8.96. The lowest BCUT2D eigenvalue weighted by Gasteiger charge is -2.23. The molecular weight excluding hydrogens is 332 g/mol. The van der Waals surface area contributed by atoms with E-state index >= 15 is 0 Å². The smallest absolute Gasteiger partial charge is 0.280 e. The molecule has 0 spiro atoms. The Morgan fingerprint density at radius 3 is 2.83 bits per heavy atom. The zero-order chi connectivity index (χ0) is 17.5. The topological polar surface area (TPSA) is 102 Å². The van der Waals surface area contributed by atoms with Crippen LogP contribution in [0, 0.1) is 6.92 Å². The van der Waals surface area contributed by atoms with Gasteiger partial charge in [0.25, 0.3) is 15.9 Å². The Bertz CT molecular complexity index is 904. The summed E-state index contributed by atoms with van der Waals surface area (Å²) in [6.45, 7) is 5.93. The number of carbonyl (C=O) groups is 1. The Balaban J connectivity index is 1.88. The summed E-state index contributed by atoms with van der Waals surface area (Å²) in [6.07, 6.45) is 0.906. The van der Waals surface area contributed by atoms with Gasteiger partial charge in [-0.1, -0.05) is 0 Å². The highest BCUT2D eigenvalue weighted by Crippen LogP contribution is 2.32. The van der Waals surface area contributed by atoms with Gasteiger partial charge in [-0.25, -0.2) is 4.98 Å². The van der Waals surface area contributed by atoms with Crippen LogP contribution in [0.4, 0.5) is 11.4 Å². The zero-order valence-corrected chi connectivity index (χ0v) is 14.3. The number of amides is 1. The maximum absolute atomic E-state index is 12.5. The Hall–Kier alpha value is -2.55. The minimum atomic E-state index is -3.81. The largest absolute Gasteiger partial charge is 0.479 e. The van der Waals surface area contributed by atoms with Crippen molar-refractivity contribution in [3.8, 4) is 5.75 Å². The molecule has 0 saturated carbocycles. The second-order valence-electron chi connectivity index (χ2n) is 5.48. The van der Waals surface area contributed by atoms with Gasteiger partial charge in [0, 0.05) is 12.7 Å². The molecule has 24 heavy (non-hydrogen) atoms. The number of fused-ring (bicyclic) bond motifs is 1. The van der Waals surface area contributed by atoms with Crippen molar-refractivity contribution in [2.24, 2.45) is 0 Å². The molecule has 1 unspecified atom stereocenters. The summed E-state index contributed by atoms with van der Waals surface area (Å²) < 4.78 is 34.6. The molecular formula is C15H18N4O4S. The van der Waals surface area contributed by atoms with Gasteiger partial charge in [0.15, 0.2) is 11.1 Å². The molecule has 1 aliphatic rings. The number of ether oxygens (including phenoxy) is 1. The Kier molecular flexibility index (Phi) is 3.96. The van der Waals surface area contributed by atoms with Gasteiger partial charge in [0.2, 0.25) is 0 Å². The van der Waals surface area contributed by atoms with Gasteiger partial charge >= 0.3 is 0 Å². The normalized spacial score (nSPS) is 17.0. The van der Waals surface area contributed by atoms with Crippen LogP contribution in [-0.4, -0.2) is 30.0 Å². The molecule has 128 valence electrons. The monoisotopic (exact) mass is 350 g/mol. The molecule has 8 nitrogen and oxygen atoms in total. The van der Waals surface area contributed by atoms with E-state index in [1.807, 2.05) is 6.92 Å². The number of nitrogens with one attached hydrogen (secondary N) is 2. The Morgan fingerprint density at radius 2 is 2.17 bits per heavy atom. The molecule has 2 aromatic rings. The van der Waals surface area contributed by atoms with E-state index < -0.39 is 16.1 Å². The van der Waals surface area contributed by atoms with Crippen LogP contribution in [0.5, 0.6) is 5.75 Å². The van der Waals surface area contributed by atoms with E-state index in [-0.39, 0.29) is 10.9 Å². The summed E-state index contributed by atoms with van der Waals surface area (Å²) in [4.78, 5) is 15.7. The predicted octanol–water partition coefficient (Wildman–Crippen LogP) is 1.73. The lowest BCUT2D eigenvalue weighted by molar-refractivity contribution is -0.122. The number of nitrogens with zero attached hydrogens (tertiary/aromatic N) is 2. The molecule has 1 aromatic heterocycles. The van der Waals surface area contributed by atoms with E-state index in [4.69, 9.17) is 4.74 Å². The predicted molar refractivity (Wildman–Crippen MR) is 88.6 cm³/mol. The van der Waals surface area contributed by atoms with Crippen molar-refractivity contribution in [1.82, 2.24) is 9.55 Å². The number of sulfonamides is 1. The summed E-state index contributed by atoms with van der Waals surface area (Å²) in [6, 6.07) is 4.70. The summed E-state index contributed by atoms with van der Waals surface area (Å²) >= 11 is 0. The highest BCUT2D eigenvalue weighted by Gasteiger charge is 2.25. The first kappa shape index (κ1) is 16.3.